The molecular weight excluding hydrogens is 426 g/mol. The SMILES string of the molecule is Cn1cc(C(=O)NNC(=O)c2cn(Cc3ccccc3)nc2-c2ccccc2)c2ccccc21. The fourth-order valence-corrected chi connectivity index (χ4v) is 4.02. The van der Waals surface area contributed by atoms with Crippen LogP contribution in [-0.4, -0.2) is 26.2 Å². The molecule has 2 heterocycles. The van der Waals surface area contributed by atoms with Crippen molar-refractivity contribution in [2.45, 2.75) is 6.54 Å². The minimum absolute atomic E-state index is 0.375. The van der Waals surface area contributed by atoms with E-state index in [0.29, 0.717) is 23.4 Å². The van der Waals surface area contributed by atoms with Crippen LogP contribution in [0.15, 0.2) is 97.3 Å². The highest BCUT2D eigenvalue weighted by molar-refractivity contribution is 6.08. The normalized spacial score (nSPS) is 10.9. The highest BCUT2D eigenvalue weighted by Crippen LogP contribution is 2.23. The number of carbonyl (C=O) groups is 2. The quantitative estimate of drug-likeness (QED) is 0.395. The molecule has 0 saturated carbocycles. The van der Waals surface area contributed by atoms with Crippen LogP contribution in [0.4, 0.5) is 0 Å². The summed E-state index contributed by atoms with van der Waals surface area (Å²) >= 11 is 0. The van der Waals surface area contributed by atoms with E-state index in [1.54, 1.807) is 17.1 Å². The molecule has 2 aromatic heterocycles. The molecule has 5 rings (SSSR count). The molecule has 0 atom stereocenters. The zero-order valence-corrected chi connectivity index (χ0v) is 18.6. The fourth-order valence-electron chi connectivity index (χ4n) is 4.02. The van der Waals surface area contributed by atoms with E-state index < -0.39 is 5.91 Å². The first-order valence-corrected chi connectivity index (χ1v) is 10.9. The molecule has 168 valence electrons. The second-order valence-corrected chi connectivity index (χ2v) is 8.02. The molecule has 5 aromatic rings. The number of nitrogens with zero attached hydrogens (tertiary/aromatic N) is 3. The predicted molar refractivity (Wildman–Crippen MR) is 131 cm³/mol. The minimum Gasteiger partial charge on any atom is -0.350 e. The molecule has 34 heavy (non-hydrogen) atoms. The van der Waals surface area contributed by atoms with Gasteiger partial charge in [0, 0.05) is 35.9 Å². The van der Waals surface area contributed by atoms with Crippen molar-refractivity contribution in [2.75, 3.05) is 0 Å². The molecule has 0 aliphatic carbocycles. The smallest absolute Gasteiger partial charge is 0.273 e. The van der Waals surface area contributed by atoms with Gasteiger partial charge in [0.1, 0.15) is 5.69 Å². The lowest BCUT2D eigenvalue weighted by molar-refractivity contribution is 0.0848. The van der Waals surface area contributed by atoms with Gasteiger partial charge < -0.3 is 4.57 Å². The number of nitrogens with one attached hydrogen (secondary N) is 2. The summed E-state index contributed by atoms with van der Waals surface area (Å²) in [5.74, 6) is -0.824. The number of amides is 2. The molecule has 7 nitrogen and oxygen atoms in total. The van der Waals surface area contributed by atoms with Crippen LogP contribution in [0.1, 0.15) is 26.3 Å². The van der Waals surface area contributed by atoms with Gasteiger partial charge in [0.15, 0.2) is 0 Å². The molecule has 0 aliphatic heterocycles. The molecule has 0 aliphatic rings. The number of hydrogen-bond donors (Lipinski definition) is 2. The summed E-state index contributed by atoms with van der Waals surface area (Å²) < 4.78 is 3.62. The van der Waals surface area contributed by atoms with Gasteiger partial charge in [0.05, 0.1) is 17.7 Å². The van der Waals surface area contributed by atoms with Gasteiger partial charge in [-0.05, 0) is 11.6 Å². The Morgan fingerprint density at radius 3 is 2.12 bits per heavy atom. The maximum absolute atomic E-state index is 13.1. The second kappa shape index (κ2) is 9.07. The first-order valence-electron chi connectivity index (χ1n) is 10.9. The van der Waals surface area contributed by atoms with Gasteiger partial charge in [-0.25, -0.2) is 0 Å². The Kier molecular flexibility index (Phi) is 5.66. The Morgan fingerprint density at radius 1 is 0.765 bits per heavy atom. The third-order valence-corrected chi connectivity index (χ3v) is 5.67. The van der Waals surface area contributed by atoms with Gasteiger partial charge in [0.25, 0.3) is 11.8 Å². The largest absolute Gasteiger partial charge is 0.350 e. The molecule has 7 heteroatoms. The second-order valence-electron chi connectivity index (χ2n) is 8.02. The first kappa shape index (κ1) is 21.2. The van der Waals surface area contributed by atoms with Crippen LogP contribution in [0.5, 0.6) is 0 Å². The zero-order valence-electron chi connectivity index (χ0n) is 18.6. The molecule has 0 unspecified atom stereocenters. The first-order chi connectivity index (χ1) is 16.6. The molecule has 0 spiro atoms. The monoisotopic (exact) mass is 449 g/mol. The standard InChI is InChI=1S/C27H23N5O2/c1-31-17-22(21-14-8-9-15-24(21)31)26(33)28-29-27(34)23-18-32(16-19-10-4-2-5-11-19)30-25(23)20-12-6-3-7-13-20/h2-15,17-18H,16H2,1H3,(H,28,33)(H,29,34). The molecule has 0 saturated heterocycles. The van der Waals surface area contributed by atoms with E-state index >= 15 is 0 Å². The summed E-state index contributed by atoms with van der Waals surface area (Å²) in [6.07, 6.45) is 3.45. The molecule has 0 radical (unpaired) electrons. The van der Waals surface area contributed by atoms with Crippen molar-refractivity contribution in [3.63, 3.8) is 0 Å². The summed E-state index contributed by atoms with van der Waals surface area (Å²) in [6.45, 7) is 0.524. The number of aryl methyl sites for hydroxylation is 1. The average Bonchev–Trinajstić information content (AvgIpc) is 3.45. The lowest BCUT2D eigenvalue weighted by Crippen LogP contribution is -2.41. The number of hydrogen-bond acceptors (Lipinski definition) is 3. The number of fused-ring (bicyclic) bond motifs is 1. The lowest BCUT2D eigenvalue weighted by Gasteiger charge is -2.07. The van der Waals surface area contributed by atoms with Crippen LogP contribution in [0.25, 0.3) is 22.2 Å². The summed E-state index contributed by atoms with van der Waals surface area (Å²) in [5, 5.41) is 5.48. The van der Waals surface area contributed by atoms with Crippen molar-refractivity contribution in [3.8, 4) is 11.3 Å². The number of aromatic nitrogens is 3. The van der Waals surface area contributed by atoms with Gasteiger partial charge >= 0.3 is 0 Å². The van der Waals surface area contributed by atoms with Crippen LogP contribution in [0.3, 0.4) is 0 Å². The third kappa shape index (κ3) is 4.19. The maximum atomic E-state index is 13.1. The maximum Gasteiger partial charge on any atom is 0.273 e. The van der Waals surface area contributed by atoms with Crippen molar-refractivity contribution < 1.29 is 9.59 Å². The minimum atomic E-state index is -0.438. The fraction of sp³-hybridized carbons (Fsp3) is 0.0741. The molecule has 2 amide bonds. The van der Waals surface area contributed by atoms with Crippen LogP contribution >= 0.6 is 0 Å². The van der Waals surface area contributed by atoms with E-state index in [0.717, 1.165) is 22.0 Å². The Labute approximate surface area is 196 Å². The summed E-state index contributed by atoms with van der Waals surface area (Å²) in [7, 11) is 1.88. The Hall–Kier alpha value is -4.65. The van der Waals surface area contributed by atoms with Gasteiger partial charge in [-0.15, -0.1) is 0 Å². The number of hydrazine groups is 1. The van der Waals surface area contributed by atoms with E-state index in [4.69, 9.17) is 0 Å². The van der Waals surface area contributed by atoms with Gasteiger partial charge in [-0.3, -0.25) is 25.1 Å². The summed E-state index contributed by atoms with van der Waals surface area (Å²) in [6, 6.07) is 27.0. The Bertz CT molecular complexity index is 1470. The Morgan fingerprint density at radius 2 is 1.38 bits per heavy atom. The van der Waals surface area contributed by atoms with Crippen LogP contribution in [0, 0.1) is 0 Å². The van der Waals surface area contributed by atoms with E-state index in [2.05, 4.69) is 16.0 Å². The van der Waals surface area contributed by atoms with E-state index in [-0.39, 0.29) is 5.91 Å². The summed E-state index contributed by atoms with van der Waals surface area (Å²) in [5.41, 5.74) is 9.35. The number of benzene rings is 3. The van der Waals surface area contributed by atoms with Gasteiger partial charge in [0.2, 0.25) is 0 Å². The molecule has 0 bridgehead atoms. The van der Waals surface area contributed by atoms with Crippen LogP contribution in [-0.2, 0) is 13.6 Å². The van der Waals surface area contributed by atoms with Crippen LogP contribution < -0.4 is 10.9 Å². The van der Waals surface area contributed by atoms with E-state index in [1.165, 1.54) is 0 Å². The molecule has 2 N–H and O–H groups in total. The third-order valence-electron chi connectivity index (χ3n) is 5.67. The predicted octanol–water partition coefficient (Wildman–Crippen LogP) is 4.16. The van der Waals surface area contributed by atoms with Gasteiger partial charge in [-0.1, -0.05) is 78.9 Å². The lowest BCUT2D eigenvalue weighted by atomic mass is 10.1. The van der Waals surface area contributed by atoms with Crippen molar-refractivity contribution in [2.24, 2.45) is 7.05 Å². The summed E-state index contributed by atoms with van der Waals surface area (Å²) in [4.78, 5) is 26.0. The molecular formula is C27H23N5O2. The molecule has 3 aromatic carbocycles. The Balaban J connectivity index is 1.39. The van der Waals surface area contributed by atoms with Crippen molar-refractivity contribution >= 4 is 22.7 Å². The number of carbonyl (C=O) groups excluding carboxylic acids is 2. The molecule has 0 fully saturated rings. The van der Waals surface area contributed by atoms with Gasteiger partial charge in [-0.2, -0.15) is 5.10 Å². The van der Waals surface area contributed by atoms with E-state index in [1.807, 2.05) is 96.5 Å². The van der Waals surface area contributed by atoms with Crippen LogP contribution in [0.2, 0.25) is 0 Å². The highest BCUT2D eigenvalue weighted by Gasteiger charge is 2.20. The highest BCUT2D eigenvalue weighted by atomic mass is 16.2. The number of rotatable bonds is 5. The van der Waals surface area contributed by atoms with E-state index in [9.17, 15) is 9.59 Å². The zero-order chi connectivity index (χ0) is 23.5. The van der Waals surface area contributed by atoms with Crippen molar-refractivity contribution in [3.05, 3.63) is 114 Å². The topological polar surface area (TPSA) is 81.0 Å². The number of para-hydroxylation sites is 1. The average molecular weight is 450 g/mol. The van der Waals surface area contributed by atoms with Crippen molar-refractivity contribution in [1.82, 2.24) is 25.2 Å². The van der Waals surface area contributed by atoms with Crippen molar-refractivity contribution in [1.29, 1.82) is 0 Å².